The number of hydrogen-bond donors (Lipinski definition) is 0. The SMILES string of the molecule is CC.O=CCCCc1ccccc1. The van der Waals surface area contributed by atoms with Crippen LogP contribution in [0.2, 0.25) is 0 Å². The minimum absolute atomic E-state index is 0.675. The van der Waals surface area contributed by atoms with Crippen LogP contribution in [0.5, 0.6) is 0 Å². The summed E-state index contributed by atoms with van der Waals surface area (Å²) in [6.07, 6.45) is 3.63. The fourth-order valence-corrected chi connectivity index (χ4v) is 1.03. The molecule has 0 bridgehead atoms. The van der Waals surface area contributed by atoms with Crippen LogP contribution in [0.15, 0.2) is 30.3 Å². The summed E-state index contributed by atoms with van der Waals surface area (Å²) in [6.45, 7) is 4.00. The van der Waals surface area contributed by atoms with E-state index in [2.05, 4.69) is 12.1 Å². The van der Waals surface area contributed by atoms with Gasteiger partial charge < -0.3 is 4.79 Å². The van der Waals surface area contributed by atoms with E-state index in [-0.39, 0.29) is 0 Å². The van der Waals surface area contributed by atoms with Crippen molar-refractivity contribution >= 4 is 6.29 Å². The van der Waals surface area contributed by atoms with E-state index in [1.807, 2.05) is 32.0 Å². The molecule has 0 aromatic heterocycles. The van der Waals surface area contributed by atoms with Gasteiger partial charge in [0, 0.05) is 6.42 Å². The van der Waals surface area contributed by atoms with Gasteiger partial charge in [-0.25, -0.2) is 0 Å². The van der Waals surface area contributed by atoms with E-state index >= 15 is 0 Å². The lowest BCUT2D eigenvalue weighted by Gasteiger charge is -1.96. The van der Waals surface area contributed by atoms with Gasteiger partial charge in [0.1, 0.15) is 6.29 Å². The van der Waals surface area contributed by atoms with E-state index in [4.69, 9.17) is 0 Å². The molecule has 1 rings (SSSR count). The summed E-state index contributed by atoms with van der Waals surface area (Å²) in [5.41, 5.74) is 1.31. The van der Waals surface area contributed by atoms with Crippen LogP contribution in [0.4, 0.5) is 0 Å². The van der Waals surface area contributed by atoms with Gasteiger partial charge in [-0.3, -0.25) is 0 Å². The monoisotopic (exact) mass is 178 g/mol. The third-order valence-electron chi connectivity index (χ3n) is 1.63. The first-order valence-electron chi connectivity index (χ1n) is 4.91. The molecule has 0 heterocycles. The van der Waals surface area contributed by atoms with Crippen molar-refractivity contribution in [1.82, 2.24) is 0 Å². The molecule has 0 saturated carbocycles. The summed E-state index contributed by atoms with van der Waals surface area (Å²) < 4.78 is 0. The molecule has 0 N–H and O–H groups in total. The Labute approximate surface area is 80.8 Å². The van der Waals surface area contributed by atoms with Gasteiger partial charge in [-0.15, -0.1) is 0 Å². The van der Waals surface area contributed by atoms with Gasteiger partial charge in [0.2, 0.25) is 0 Å². The zero-order valence-corrected chi connectivity index (χ0v) is 8.49. The van der Waals surface area contributed by atoms with E-state index in [0.717, 1.165) is 19.1 Å². The Kier molecular flexibility index (Phi) is 8.21. The number of unbranched alkanes of at least 4 members (excludes halogenated alkanes) is 1. The number of aryl methyl sites for hydroxylation is 1. The molecule has 0 amide bonds. The third kappa shape index (κ3) is 6.09. The van der Waals surface area contributed by atoms with E-state index in [1.165, 1.54) is 5.56 Å². The quantitative estimate of drug-likeness (QED) is 0.511. The molecule has 1 aromatic carbocycles. The van der Waals surface area contributed by atoms with Crippen LogP contribution in [-0.2, 0) is 11.2 Å². The summed E-state index contributed by atoms with van der Waals surface area (Å²) in [6, 6.07) is 10.2. The van der Waals surface area contributed by atoms with E-state index in [0.29, 0.717) is 6.42 Å². The summed E-state index contributed by atoms with van der Waals surface area (Å²) >= 11 is 0. The second-order valence-electron chi connectivity index (χ2n) is 2.54. The highest BCUT2D eigenvalue weighted by molar-refractivity contribution is 5.49. The molecule has 0 saturated heterocycles. The minimum Gasteiger partial charge on any atom is -0.303 e. The molecule has 1 heteroatoms. The second-order valence-corrected chi connectivity index (χ2v) is 2.54. The van der Waals surface area contributed by atoms with Gasteiger partial charge in [-0.05, 0) is 18.4 Å². The number of benzene rings is 1. The van der Waals surface area contributed by atoms with Gasteiger partial charge >= 0.3 is 0 Å². The zero-order chi connectivity index (χ0) is 9.94. The van der Waals surface area contributed by atoms with Crippen molar-refractivity contribution in [3.63, 3.8) is 0 Å². The average Bonchev–Trinajstić information content (AvgIpc) is 2.23. The topological polar surface area (TPSA) is 17.1 Å². The fourth-order valence-electron chi connectivity index (χ4n) is 1.03. The highest BCUT2D eigenvalue weighted by atomic mass is 16.1. The van der Waals surface area contributed by atoms with Crippen LogP contribution in [0.3, 0.4) is 0 Å². The molecule has 1 nitrogen and oxygen atoms in total. The number of carbonyl (C=O) groups is 1. The summed E-state index contributed by atoms with van der Waals surface area (Å²) in [5.74, 6) is 0. The van der Waals surface area contributed by atoms with Crippen LogP contribution in [0.25, 0.3) is 0 Å². The Hall–Kier alpha value is -1.11. The maximum Gasteiger partial charge on any atom is 0.120 e. The maximum atomic E-state index is 10.00. The number of rotatable bonds is 4. The second kappa shape index (κ2) is 8.98. The lowest BCUT2D eigenvalue weighted by molar-refractivity contribution is -0.107. The molecule has 0 aliphatic carbocycles. The molecule has 0 spiro atoms. The van der Waals surface area contributed by atoms with Gasteiger partial charge in [0.05, 0.1) is 0 Å². The molecule has 1 aromatic rings. The van der Waals surface area contributed by atoms with Gasteiger partial charge in [0.15, 0.2) is 0 Å². The van der Waals surface area contributed by atoms with Gasteiger partial charge in [0.25, 0.3) is 0 Å². The predicted molar refractivity (Wildman–Crippen MR) is 56.8 cm³/mol. The van der Waals surface area contributed by atoms with Crippen molar-refractivity contribution in [2.75, 3.05) is 0 Å². The Balaban J connectivity index is 0.000000671. The Morgan fingerprint density at radius 2 is 1.77 bits per heavy atom. The molecular formula is C12H18O. The van der Waals surface area contributed by atoms with E-state index in [9.17, 15) is 4.79 Å². The highest BCUT2D eigenvalue weighted by Crippen LogP contribution is 2.02. The van der Waals surface area contributed by atoms with Crippen molar-refractivity contribution in [2.24, 2.45) is 0 Å². The maximum absolute atomic E-state index is 10.00. The molecule has 72 valence electrons. The largest absolute Gasteiger partial charge is 0.303 e. The number of aldehydes is 1. The van der Waals surface area contributed by atoms with Crippen molar-refractivity contribution in [3.05, 3.63) is 35.9 Å². The van der Waals surface area contributed by atoms with Crippen LogP contribution in [-0.4, -0.2) is 6.29 Å². The molecule has 13 heavy (non-hydrogen) atoms. The standard InChI is InChI=1S/C10H12O.C2H6/c11-9-5-4-8-10-6-2-1-3-7-10;1-2/h1-3,6-7,9H,4-5,8H2;1-2H3. The molecule has 0 atom stereocenters. The van der Waals surface area contributed by atoms with Crippen molar-refractivity contribution < 1.29 is 4.79 Å². The van der Waals surface area contributed by atoms with Gasteiger partial charge in [-0.2, -0.15) is 0 Å². The molecular weight excluding hydrogens is 160 g/mol. The molecule has 0 aliphatic heterocycles. The minimum atomic E-state index is 0.675. The van der Waals surface area contributed by atoms with Crippen LogP contribution < -0.4 is 0 Å². The lowest BCUT2D eigenvalue weighted by atomic mass is 10.1. The number of carbonyl (C=O) groups excluding carboxylic acids is 1. The third-order valence-corrected chi connectivity index (χ3v) is 1.63. The van der Waals surface area contributed by atoms with E-state index in [1.54, 1.807) is 0 Å². The Bertz CT molecular complexity index is 204. The predicted octanol–water partition coefficient (Wildman–Crippen LogP) is 3.23. The van der Waals surface area contributed by atoms with Crippen LogP contribution in [0.1, 0.15) is 32.3 Å². The first-order chi connectivity index (χ1) is 6.43. The zero-order valence-electron chi connectivity index (χ0n) is 8.49. The normalized spacial score (nSPS) is 8.46. The van der Waals surface area contributed by atoms with Crippen molar-refractivity contribution in [3.8, 4) is 0 Å². The molecule has 0 unspecified atom stereocenters. The average molecular weight is 178 g/mol. The van der Waals surface area contributed by atoms with Crippen molar-refractivity contribution in [1.29, 1.82) is 0 Å². The molecule has 0 fully saturated rings. The van der Waals surface area contributed by atoms with Crippen LogP contribution >= 0.6 is 0 Å². The summed E-state index contributed by atoms with van der Waals surface area (Å²) in [4.78, 5) is 10.00. The number of hydrogen-bond acceptors (Lipinski definition) is 1. The first kappa shape index (κ1) is 11.9. The first-order valence-corrected chi connectivity index (χ1v) is 4.91. The highest BCUT2D eigenvalue weighted by Gasteiger charge is 1.89. The Morgan fingerprint density at radius 1 is 1.15 bits per heavy atom. The van der Waals surface area contributed by atoms with Gasteiger partial charge in [-0.1, -0.05) is 44.2 Å². The summed E-state index contributed by atoms with van der Waals surface area (Å²) in [7, 11) is 0. The summed E-state index contributed by atoms with van der Waals surface area (Å²) in [5, 5.41) is 0. The fraction of sp³-hybridized carbons (Fsp3) is 0.417. The van der Waals surface area contributed by atoms with E-state index < -0.39 is 0 Å². The molecule has 0 aliphatic rings. The Morgan fingerprint density at radius 3 is 2.31 bits per heavy atom. The van der Waals surface area contributed by atoms with Crippen molar-refractivity contribution in [2.45, 2.75) is 33.1 Å². The lowest BCUT2D eigenvalue weighted by Crippen LogP contribution is -1.84. The van der Waals surface area contributed by atoms with Crippen LogP contribution in [0, 0.1) is 0 Å². The smallest absolute Gasteiger partial charge is 0.120 e. The molecule has 0 radical (unpaired) electrons.